The molecule has 1 rings (SSSR count). The van der Waals surface area contributed by atoms with Crippen molar-refractivity contribution in [1.29, 1.82) is 0 Å². The maximum atomic E-state index is 2.50. The third kappa shape index (κ3) is 6.33. The number of hydrogen-bond acceptors (Lipinski definition) is 0. The SMILES string of the molecule is Cl.Cl.Cl.[CH3][Hf]([CH3])([CH3])([CH3])[C]1=CC=CC1. The third-order valence-electron chi connectivity index (χ3n) is 2.06. The molecule has 0 aromatic heterocycles. The fourth-order valence-corrected chi connectivity index (χ4v) is 7.29. The van der Waals surface area contributed by atoms with E-state index in [1.807, 2.05) is 0 Å². The molecule has 0 unspecified atom stereocenters. The topological polar surface area (TPSA) is 0 Å². The Morgan fingerprint density at radius 2 is 1.46 bits per heavy atom. The van der Waals surface area contributed by atoms with Crippen molar-refractivity contribution in [3.05, 3.63) is 21.6 Å². The zero-order chi connectivity index (χ0) is 7.85. The summed E-state index contributed by atoms with van der Waals surface area (Å²) in [6.45, 7) is 0. The molecule has 0 N–H and O–H groups in total. The van der Waals surface area contributed by atoms with E-state index >= 15 is 0 Å². The first-order chi connectivity index (χ1) is 4.36. The second-order valence-corrected chi connectivity index (χ2v) is 36.4. The van der Waals surface area contributed by atoms with Gasteiger partial charge in [-0.3, -0.25) is 0 Å². The summed E-state index contributed by atoms with van der Waals surface area (Å²) in [5.74, 6) is 0. The summed E-state index contributed by atoms with van der Waals surface area (Å²) in [5.41, 5.74) is 0. The molecular formula is C9H20Cl3Hf. The van der Waals surface area contributed by atoms with Crippen LogP contribution in [-0.4, -0.2) is 0 Å². The Morgan fingerprint density at radius 1 is 1.00 bits per heavy atom. The van der Waals surface area contributed by atoms with Gasteiger partial charge < -0.3 is 0 Å². The molecule has 0 aromatic rings. The summed E-state index contributed by atoms with van der Waals surface area (Å²) in [5, 5.41) is 0. The summed E-state index contributed by atoms with van der Waals surface area (Å²) in [6.07, 6.45) is 8.03. The van der Waals surface area contributed by atoms with E-state index in [0.29, 0.717) is 0 Å². The zero-order valence-electron chi connectivity index (χ0n) is 8.66. The Balaban J connectivity index is -0.000000333. The van der Waals surface area contributed by atoms with Crippen molar-refractivity contribution in [1.82, 2.24) is 0 Å². The van der Waals surface area contributed by atoms with E-state index in [1.54, 1.807) is 3.33 Å². The Hall–Kier alpha value is 1.22. The van der Waals surface area contributed by atoms with Crippen LogP contribution in [0.2, 0.25) is 18.7 Å². The van der Waals surface area contributed by atoms with Gasteiger partial charge in [-0.25, -0.2) is 0 Å². The van der Waals surface area contributed by atoms with Crippen LogP contribution >= 0.6 is 37.2 Å². The molecule has 1 aliphatic rings. The molecule has 0 nitrogen and oxygen atoms in total. The molecule has 0 fully saturated rings. The van der Waals surface area contributed by atoms with Crippen LogP contribution in [0, 0.1) is 0 Å². The van der Waals surface area contributed by atoms with Gasteiger partial charge in [-0.2, -0.15) is 0 Å². The molecule has 1 aliphatic carbocycles. The van der Waals surface area contributed by atoms with Gasteiger partial charge >= 0.3 is 65.2 Å². The van der Waals surface area contributed by atoms with Crippen LogP contribution in [-0.2, 0) is 18.5 Å². The van der Waals surface area contributed by atoms with Crippen LogP contribution in [0.3, 0.4) is 0 Å². The molecule has 0 bridgehead atoms. The Bertz CT molecular complexity index is 201. The first-order valence-corrected chi connectivity index (χ1v) is 20.1. The Labute approximate surface area is 102 Å². The molecule has 0 saturated carbocycles. The van der Waals surface area contributed by atoms with Gasteiger partial charge in [-0.15, -0.1) is 37.2 Å². The summed E-state index contributed by atoms with van der Waals surface area (Å²) in [7, 11) is 0. The van der Waals surface area contributed by atoms with Crippen molar-refractivity contribution >= 4 is 37.2 Å². The summed E-state index contributed by atoms with van der Waals surface area (Å²) < 4.78 is 11.7. The van der Waals surface area contributed by atoms with Crippen molar-refractivity contribution in [2.24, 2.45) is 0 Å². The summed E-state index contributed by atoms with van der Waals surface area (Å²) >= 11 is -2.31. The minimum atomic E-state index is -2.31. The first-order valence-electron chi connectivity index (χ1n) is 3.97. The second-order valence-electron chi connectivity index (χ2n) is 5.32. The van der Waals surface area contributed by atoms with E-state index in [0.717, 1.165) is 0 Å². The van der Waals surface area contributed by atoms with E-state index in [1.165, 1.54) is 6.42 Å². The fourth-order valence-electron chi connectivity index (χ4n) is 1.19. The van der Waals surface area contributed by atoms with Crippen LogP contribution in [0.4, 0.5) is 0 Å². The van der Waals surface area contributed by atoms with Crippen LogP contribution in [0.1, 0.15) is 6.42 Å². The van der Waals surface area contributed by atoms with Gasteiger partial charge in [-0.1, -0.05) is 0 Å². The van der Waals surface area contributed by atoms with Crippen LogP contribution in [0.25, 0.3) is 0 Å². The molecule has 0 amide bonds. The second kappa shape index (κ2) is 5.95. The van der Waals surface area contributed by atoms with Gasteiger partial charge in [0.1, 0.15) is 0 Å². The fraction of sp³-hybridized carbons (Fsp3) is 0.556. The van der Waals surface area contributed by atoms with Crippen molar-refractivity contribution < 1.29 is 18.5 Å². The molecule has 0 radical (unpaired) electrons. The zero-order valence-corrected chi connectivity index (χ0v) is 14.7. The van der Waals surface area contributed by atoms with Crippen LogP contribution < -0.4 is 0 Å². The molecule has 4 heteroatoms. The van der Waals surface area contributed by atoms with Gasteiger partial charge in [0.15, 0.2) is 0 Å². The van der Waals surface area contributed by atoms with Crippen molar-refractivity contribution in [3.8, 4) is 0 Å². The molecular weight excluding hydrogens is 393 g/mol. The molecule has 0 saturated heterocycles. The molecule has 0 spiro atoms. The van der Waals surface area contributed by atoms with E-state index in [9.17, 15) is 0 Å². The predicted octanol–water partition coefficient (Wildman–Crippen LogP) is 4.98. The van der Waals surface area contributed by atoms with Crippen molar-refractivity contribution in [2.45, 2.75) is 25.1 Å². The third-order valence-corrected chi connectivity index (χ3v) is 12.6. The predicted molar refractivity (Wildman–Crippen MR) is 67.0 cm³/mol. The minimum absolute atomic E-state index is 0. The van der Waals surface area contributed by atoms with E-state index in [-0.39, 0.29) is 37.2 Å². The van der Waals surface area contributed by atoms with E-state index in [4.69, 9.17) is 0 Å². The van der Waals surface area contributed by atoms with Gasteiger partial charge in [0.2, 0.25) is 0 Å². The summed E-state index contributed by atoms with van der Waals surface area (Å²) in [6, 6.07) is 0. The molecule has 0 heterocycles. The van der Waals surface area contributed by atoms with Gasteiger partial charge in [0.05, 0.1) is 0 Å². The van der Waals surface area contributed by atoms with Gasteiger partial charge in [0.25, 0.3) is 0 Å². The average Bonchev–Trinajstić information content (AvgIpc) is 2.04. The first kappa shape index (κ1) is 19.7. The van der Waals surface area contributed by atoms with Crippen LogP contribution in [0.5, 0.6) is 0 Å². The number of hydrogen-bond donors (Lipinski definition) is 0. The van der Waals surface area contributed by atoms with Crippen molar-refractivity contribution in [2.75, 3.05) is 0 Å². The molecule has 0 aliphatic heterocycles. The molecule has 81 valence electrons. The van der Waals surface area contributed by atoms with Gasteiger partial charge in [0, 0.05) is 0 Å². The molecule has 13 heavy (non-hydrogen) atoms. The van der Waals surface area contributed by atoms with Gasteiger partial charge in [-0.05, 0) is 0 Å². The Morgan fingerprint density at radius 3 is 1.62 bits per heavy atom. The maximum absolute atomic E-state index is 2.50. The number of rotatable bonds is 1. The normalized spacial score (nSPS) is 16.9. The van der Waals surface area contributed by atoms with Crippen molar-refractivity contribution in [3.63, 3.8) is 0 Å². The molecule has 0 atom stereocenters. The summed E-state index contributed by atoms with van der Waals surface area (Å²) in [4.78, 5) is 0. The molecule has 0 aromatic carbocycles. The van der Waals surface area contributed by atoms with E-state index in [2.05, 4.69) is 36.9 Å². The quantitative estimate of drug-likeness (QED) is 0.533. The number of halogens is 3. The Kier molecular flexibility index (Phi) is 9.03. The standard InChI is InChI=1S/C5H5.4CH3.3ClH.Hf/c1-2-4-5-3-1;;;;;;;;/h1-3H,4H2;4*1H3;3*1H;. The number of allylic oxidation sites excluding steroid dienone is 4. The monoisotopic (exact) mass is 413 g/mol. The van der Waals surface area contributed by atoms with Crippen LogP contribution in [0.15, 0.2) is 21.6 Å². The van der Waals surface area contributed by atoms with E-state index < -0.39 is 18.5 Å². The average molecular weight is 413 g/mol.